The molecular formula is C24H27ClN2O3. The molecule has 1 heterocycles. The summed E-state index contributed by atoms with van der Waals surface area (Å²) in [5.41, 5.74) is 2.15. The number of carbonyl (C=O) groups excluding carboxylic acids is 2. The van der Waals surface area contributed by atoms with E-state index < -0.39 is 23.5 Å². The van der Waals surface area contributed by atoms with E-state index in [-0.39, 0.29) is 5.57 Å². The van der Waals surface area contributed by atoms with Crippen molar-refractivity contribution >= 4 is 29.1 Å². The molecule has 0 aromatic heterocycles. The highest BCUT2D eigenvalue weighted by Crippen LogP contribution is 2.38. The molecule has 1 atom stereocenters. The lowest BCUT2D eigenvalue weighted by molar-refractivity contribution is -0.895. The summed E-state index contributed by atoms with van der Waals surface area (Å²) >= 11 is 6.04. The highest BCUT2D eigenvalue weighted by Gasteiger charge is 2.44. The fraction of sp³-hybridized carbons (Fsp3) is 0.333. The number of hydrogen-bond donors (Lipinski definition) is 1. The molecule has 1 saturated heterocycles. The molecule has 1 aliphatic heterocycles. The summed E-state index contributed by atoms with van der Waals surface area (Å²) in [6, 6.07) is 13.3. The van der Waals surface area contributed by atoms with Crippen LogP contribution in [0, 0.1) is 6.92 Å². The van der Waals surface area contributed by atoms with Crippen LogP contribution in [0.4, 0.5) is 0 Å². The second-order valence-electron chi connectivity index (χ2n) is 7.60. The predicted octanol–water partition coefficient (Wildman–Crippen LogP) is 1.80. The number of halogens is 1. The van der Waals surface area contributed by atoms with Crippen LogP contribution in [0.3, 0.4) is 0 Å². The van der Waals surface area contributed by atoms with Crippen molar-refractivity contribution in [1.82, 2.24) is 4.90 Å². The standard InChI is InChI=1S/C24H27ClN2O3/c1-4-26(5-2)14-15-27-21(17-10-12-19(25)13-11-17)20(23(29)24(27)30)22(28)18-8-6-16(3)7-9-18/h6-13,21,28H,4-5,14-15H2,1-3H3. The molecule has 0 bridgehead atoms. The fourth-order valence-corrected chi connectivity index (χ4v) is 3.96. The first-order chi connectivity index (χ1) is 14.4. The molecule has 0 spiro atoms. The van der Waals surface area contributed by atoms with Gasteiger partial charge >= 0.3 is 0 Å². The fourth-order valence-electron chi connectivity index (χ4n) is 3.84. The smallest absolute Gasteiger partial charge is 0.295 e. The molecular weight excluding hydrogens is 400 g/mol. The number of quaternary nitrogens is 1. The van der Waals surface area contributed by atoms with Gasteiger partial charge < -0.3 is 14.9 Å². The van der Waals surface area contributed by atoms with Crippen molar-refractivity contribution in [2.24, 2.45) is 0 Å². The van der Waals surface area contributed by atoms with Gasteiger partial charge in [-0.25, -0.2) is 0 Å². The molecule has 30 heavy (non-hydrogen) atoms. The van der Waals surface area contributed by atoms with Crippen LogP contribution in [0.5, 0.6) is 0 Å². The number of likely N-dealkylation sites (N-methyl/N-ethyl adjacent to an activating group) is 1. The van der Waals surface area contributed by atoms with E-state index in [0.29, 0.717) is 29.2 Å². The van der Waals surface area contributed by atoms with Gasteiger partial charge in [0.05, 0.1) is 32.2 Å². The molecule has 0 saturated carbocycles. The average molecular weight is 427 g/mol. The van der Waals surface area contributed by atoms with Crippen LogP contribution < -0.4 is 10.0 Å². The zero-order valence-corrected chi connectivity index (χ0v) is 18.3. The zero-order valence-electron chi connectivity index (χ0n) is 17.6. The van der Waals surface area contributed by atoms with Gasteiger partial charge in [-0.05, 0) is 44.0 Å². The Morgan fingerprint density at radius 3 is 2.20 bits per heavy atom. The number of benzene rings is 2. The summed E-state index contributed by atoms with van der Waals surface area (Å²) in [4.78, 5) is 28.7. The Kier molecular flexibility index (Phi) is 6.95. The van der Waals surface area contributed by atoms with Crippen LogP contribution >= 0.6 is 11.6 Å². The number of likely N-dealkylation sites (tertiary alicyclic amines) is 1. The van der Waals surface area contributed by atoms with Crippen molar-refractivity contribution in [3.8, 4) is 0 Å². The molecule has 1 amide bonds. The number of nitrogens with one attached hydrogen (secondary N) is 1. The van der Waals surface area contributed by atoms with Crippen molar-refractivity contribution in [3.63, 3.8) is 0 Å². The normalized spacial score (nSPS) is 18.4. The van der Waals surface area contributed by atoms with Crippen LogP contribution in [-0.2, 0) is 9.59 Å². The molecule has 5 nitrogen and oxygen atoms in total. The van der Waals surface area contributed by atoms with Crippen LogP contribution in [0.25, 0.3) is 5.76 Å². The molecule has 158 valence electrons. The number of rotatable bonds is 7. The summed E-state index contributed by atoms with van der Waals surface area (Å²) in [7, 11) is 0. The van der Waals surface area contributed by atoms with Crippen LogP contribution in [0.1, 0.15) is 36.6 Å². The third kappa shape index (κ3) is 4.42. The summed E-state index contributed by atoms with van der Waals surface area (Å²) in [6.45, 7) is 9.07. The molecule has 0 radical (unpaired) electrons. The Bertz CT molecular complexity index is 947. The summed E-state index contributed by atoms with van der Waals surface area (Å²) in [6.07, 6.45) is 0. The van der Waals surface area contributed by atoms with Gasteiger partial charge in [-0.1, -0.05) is 59.3 Å². The molecule has 2 aromatic carbocycles. The van der Waals surface area contributed by atoms with E-state index in [9.17, 15) is 14.7 Å². The van der Waals surface area contributed by atoms with Crippen molar-refractivity contribution in [3.05, 3.63) is 75.8 Å². The number of aryl methyl sites for hydroxylation is 1. The maximum atomic E-state index is 13.3. The molecule has 1 unspecified atom stereocenters. The molecule has 6 heteroatoms. The number of carbonyl (C=O) groups is 2. The van der Waals surface area contributed by atoms with E-state index in [1.54, 1.807) is 36.4 Å². The van der Waals surface area contributed by atoms with Gasteiger partial charge in [0.25, 0.3) is 5.91 Å². The van der Waals surface area contributed by atoms with Crippen LogP contribution in [0.15, 0.2) is 54.1 Å². The first-order valence-corrected chi connectivity index (χ1v) is 10.7. The minimum absolute atomic E-state index is 0.0146. The van der Waals surface area contributed by atoms with Crippen molar-refractivity contribution < 1.29 is 19.6 Å². The molecule has 1 N–H and O–H groups in total. The maximum Gasteiger partial charge on any atom is 0.295 e. The minimum atomic E-state index is -0.713. The molecule has 1 fully saturated rings. The summed E-state index contributed by atoms with van der Waals surface area (Å²) < 4.78 is 0. The maximum absolute atomic E-state index is 13.3. The van der Waals surface area contributed by atoms with Gasteiger partial charge in [0.15, 0.2) is 0 Å². The highest BCUT2D eigenvalue weighted by atomic mass is 35.5. The second kappa shape index (κ2) is 9.45. The van der Waals surface area contributed by atoms with E-state index in [2.05, 4.69) is 13.8 Å². The summed E-state index contributed by atoms with van der Waals surface area (Å²) in [5, 5.41) is 13.8. The van der Waals surface area contributed by atoms with E-state index in [1.807, 2.05) is 19.1 Å². The Morgan fingerprint density at radius 2 is 1.63 bits per heavy atom. The first-order valence-electron chi connectivity index (χ1n) is 10.3. The average Bonchev–Trinajstić information content (AvgIpc) is 3.00. The van der Waals surface area contributed by atoms with Gasteiger partial charge in [0.1, 0.15) is 0 Å². The largest absolute Gasteiger partial charge is 0.872 e. The number of hydrogen-bond acceptors (Lipinski definition) is 3. The number of nitrogens with zero attached hydrogens (tertiary/aromatic N) is 1. The second-order valence-corrected chi connectivity index (χ2v) is 8.03. The Hall–Kier alpha value is -2.63. The zero-order chi connectivity index (χ0) is 21.8. The van der Waals surface area contributed by atoms with Crippen molar-refractivity contribution in [2.75, 3.05) is 26.2 Å². The number of Topliss-reactive ketones (excluding diaryl/α,β-unsaturated/α-hetero) is 1. The van der Waals surface area contributed by atoms with E-state index in [1.165, 1.54) is 9.80 Å². The molecule has 2 aromatic rings. The van der Waals surface area contributed by atoms with Gasteiger partial charge in [-0.15, -0.1) is 0 Å². The van der Waals surface area contributed by atoms with E-state index in [0.717, 1.165) is 18.7 Å². The molecule has 3 rings (SSSR count). The number of amides is 1. The van der Waals surface area contributed by atoms with E-state index >= 15 is 0 Å². The SMILES string of the molecule is CC[NH+](CC)CCN1C(=O)C(=O)C(=C([O-])c2ccc(C)cc2)C1c1ccc(Cl)cc1. The minimum Gasteiger partial charge on any atom is -0.872 e. The van der Waals surface area contributed by atoms with E-state index in [4.69, 9.17) is 11.6 Å². The van der Waals surface area contributed by atoms with Gasteiger partial charge in [-0.3, -0.25) is 9.59 Å². The molecule has 1 aliphatic rings. The van der Waals surface area contributed by atoms with Crippen molar-refractivity contribution in [2.45, 2.75) is 26.8 Å². The lowest BCUT2D eigenvalue weighted by Gasteiger charge is -2.28. The van der Waals surface area contributed by atoms with Crippen LogP contribution in [0.2, 0.25) is 5.02 Å². The van der Waals surface area contributed by atoms with Gasteiger partial charge in [0.2, 0.25) is 5.78 Å². The van der Waals surface area contributed by atoms with Crippen LogP contribution in [-0.4, -0.2) is 42.8 Å². The summed E-state index contributed by atoms with van der Waals surface area (Å²) in [5.74, 6) is -1.72. The Morgan fingerprint density at radius 1 is 1.03 bits per heavy atom. The number of ketones is 1. The van der Waals surface area contributed by atoms with Gasteiger partial charge in [-0.2, -0.15) is 0 Å². The Balaban J connectivity index is 2.08. The Labute approximate surface area is 182 Å². The lowest BCUT2D eigenvalue weighted by Crippen LogP contribution is -3.12. The van der Waals surface area contributed by atoms with Crippen molar-refractivity contribution in [1.29, 1.82) is 0 Å². The third-order valence-corrected chi connectivity index (χ3v) is 5.99. The first kappa shape index (κ1) is 22.1. The monoisotopic (exact) mass is 426 g/mol. The van der Waals surface area contributed by atoms with Gasteiger partial charge in [0, 0.05) is 10.6 Å². The topological polar surface area (TPSA) is 64.9 Å². The lowest BCUT2D eigenvalue weighted by atomic mass is 9.95. The third-order valence-electron chi connectivity index (χ3n) is 5.74. The molecule has 0 aliphatic carbocycles. The predicted molar refractivity (Wildman–Crippen MR) is 116 cm³/mol. The highest BCUT2D eigenvalue weighted by molar-refractivity contribution is 6.46. The quantitative estimate of drug-likeness (QED) is 0.417.